The van der Waals surface area contributed by atoms with E-state index in [2.05, 4.69) is 10.1 Å². The standard InChI is InChI=1S/C17H24N2O5/c1-13(20)18-10-6-11-19(12-9-16(21)24-3)17(22)14-7-4-5-8-15(14)23-2/h4-5,7-8H,6,9-12H2,1-3H3,(H,18,20). The fourth-order valence-electron chi connectivity index (χ4n) is 2.17. The Bertz CT molecular complexity index is 574. The van der Waals surface area contributed by atoms with Gasteiger partial charge in [0.2, 0.25) is 5.91 Å². The van der Waals surface area contributed by atoms with Gasteiger partial charge in [-0.2, -0.15) is 0 Å². The molecule has 0 aliphatic carbocycles. The highest BCUT2D eigenvalue weighted by molar-refractivity contribution is 5.97. The first kappa shape index (κ1) is 19.5. The number of para-hydroxylation sites is 1. The maximum Gasteiger partial charge on any atom is 0.307 e. The Hall–Kier alpha value is -2.57. The van der Waals surface area contributed by atoms with Gasteiger partial charge in [-0.25, -0.2) is 0 Å². The van der Waals surface area contributed by atoms with Gasteiger partial charge >= 0.3 is 5.97 Å². The van der Waals surface area contributed by atoms with E-state index in [1.165, 1.54) is 21.1 Å². The lowest BCUT2D eigenvalue weighted by atomic mass is 10.1. The van der Waals surface area contributed by atoms with Crippen LogP contribution in [-0.2, 0) is 14.3 Å². The number of rotatable bonds is 9. The minimum Gasteiger partial charge on any atom is -0.496 e. The lowest BCUT2D eigenvalue weighted by molar-refractivity contribution is -0.140. The van der Waals surface area contributed by atoms with E-state index in [9.17, 15) is 14.4 Å². The van der Waals surface area contributed by atoms with Crippen LogP contribution in [0.3, 0.4) is 0 Å². The van der Waals surface area contributed by atoms with Crippen LogP contribution in [-0.4, -0.2) is 56.5 Å². The number of amides is 2. The van der Waals surface area contributed by atoms with Crippen LogP contribution in [0.15, 0.2) is 24.3 Å². The van der Waals surface area contributed by atoms with Crippen molar-refractivity contribution >= 4 is 17.8 Å². The van der Waals surface area contributed by atoms with Gasteiger partial charge in [-0.05, 0) is 18.6 Å². The number of hydrogen-bond acceptors (Lipinski definition) is 5. The highest BCUT2D eigenvalue weighted by Gasteiger charge is 2.20. The molecule has 0 aliphatic rings. The molecule has 0 radical (unpaired) electrons. The van der Waals surface area contributed by atoms with Gasteiger partial charge in [0.25, 0.3) is 5.91 Å². The summed E-state index contributed by atoms with van der Waals surface area (Å²) in [6.45, 7) is 2.55. The Morgan fingerprint density at radius 1 is 1.12 bits per heavy atom. The fraction of sp³-hybridized carbons (Fsp3) is 0.471. The molecular formula is C17H24N2O5. The fourth-order valence-corrected chi connectivity index (χ4v) is 2.17. The number of carbonyl (C=O) groups is 3. The van der Waals surface area contributed by atoms with Gasteiger partial charge in [-0.3, -0.25) is 14.4 Å². The first-order valence-corrected chi connectivity index (χ1v) is 7.73. The van der Waals surface area contributed by atoms with Crippen LogP contribution in [0.25, 0.3) is 0 Å². The first-order valence-electron chi connectivity index (χ1n) is 7.73. The summed E-state index contributed by atoms with van der Waals surface area (Å²) in [5, 5.41) is 2.68. The van der Waals surface area contributed by atoms with E-state index in [1.54, 1.807) is 29.2 Å². The molecule has 0 bridgehead atoms. The van der Waals surface area contributed by atoms with Crippen LogP contribution >= 0.6 is 0 Å². The molecule has 1 aromatic rings. The quantitative estimate of drug-likeness (QED) is 0.541. The van der Waals surface area contributed by atoms with Crippen molar-refractivity contribution in [2.24, 2.45) is 0 Å². The summed E-state index contributed by atoms with van der Waals surface area (Å²) < 4.78 is 9.85. The Kier molecular flexibility index (Phi) is 8.32. The van der Waals surface area contributed by atoms with E-state index in [0.717, 1.165) is 0 Å². The molecule has 0 aromatic heterocycles. The van der Waals surface area contributed by atoms with Crippen LogP contribution in [0.5, 0.6) is 5.75 Å². The van der Waals surface area contributed by atoms with Crippen LogP contribution in [0.1, 0.15) is 30.1 Å². The van der Waals surface area contributed by atoms with Crippen molar-refractivity contribution in [3.63, 3.8) is 0 Å². The molecule has 132 valence electrons. The minimum atomic E-state index is -0.380. The molecule has 0 fully saturated rings. The van der Waals surface area contributed by atoms with Crippen molar-refractivity contribution in [2.45, 2.75) is 19.8 Å². The van der Waals surface area contributed by atoms with Crippen LogP contribution in [0.2, 0.25) is 0 Å². The maximum atomic E-state index is 12.8. The predicted octanol–water partition coefficient (Wildman–Crippen LogP) is 1.23. The number of methoxy groups -OCH3 is 2. The van der Waals surface area contributed by atoms with E-state index < -0.39 is 0 Å². The topological polar surface area (TPSA) is 84.9 Å². The molecule has 24 heavy (non-hydrogen) atoms. The molecule has 0 unspecified atom stereocenters. The van der Waals surface area contributed by atoms with Crippen molar-refractivity contribution in [1.29, 1.82) is 0 Å². The summed E-state index contributed by atoms with van der Waals surface area (Å²) in [4.78, 5) is 36.6. The van der Waals surface area contributed by atoms with Gasteiger partial charge in [0, 0.05) is 26.6 Å². The summed E-state index contributed by atoms with van der Waals surface area (Å²) in [5.74, 6) is -0.242. The number of nitrogens with zero attached hydrogens (tertiary/aromatic N) is 1. The highest BCUT2D eigenvalue weighted by Crippen LogP contribution is 2.19. The number of carbonyl (C=O) groups excluding carboxylic acids is 3. The first-order chi connectivity index (χ1) is 11.5. The smallest absolute Gasteiger partial charge is 0.307 e. The zero-order chi connectivity index (χ0) is 17.9. The zero-order valence-electron chi connectivity index (χ0n) is 14.3. The minimum absolute atomic E-state index is 0.109. The number of hydrogen-bond donors (Lipinski definition) is 1. The molecule has 0 saturated carbocycles. The highest BCUT2D eigenvalue weighted by atomic mass is 16.5. The number of benzene rings is 1. The lowest BCUT2D eigenvalue weighted by Crippen LogP contribution is -2.36. The Labute approximate surface area is 141 Å². The number of nitrogens with one attached hydrogen (secondary N) is 1. The molecule has 0 aliphatic heterocycles. The van der Waals surface area contributed by atoms with Gasteiger partial charge < -0.3 is 19.7 Å². The molecule has 0 atom stereocenters. The van der Waals surface area contributed by atoms with Crippen LogP contribution in [0, 0.1) is 0 Å². The average molecular weight is 336 g/mol. The summed E-state index contributed by atoms with van der Waals surface area (Å²) in [7, 11) is 2.81. The molecular weight excluding hydrogens is 312 g/mol. The monoisotopic (exact) mass is 336 g/mol. The Balaban J connectivity index is 2.79. The van der Waals surface area contributed by atoms with Gasteiger partial charge in [0.1, 0.15) is 5.75 Å². The van der Waals surface area contributed by atoms with E-state index in [0.29, 0.717) is 30.8 Å². The number of esters is 1. The zero-order valence-corrected chi connectivity index (χ0v) is 14.3. The molecule has 7 heteroatoms. The summed E-state index contributed by atoms with van der Waals surface area (Å²) >= 11 is 0. The third-order valence-corrected chi connectivity index (χ3v) is 3.42. The van der Waals surface area contributed by atoms with Gasteiger partial charge in [0.15, 0.2) is 0 Å². The van der Waals surface area contributed by atoms with E-state index >= 15 is 0 Å². The van der Waals surface area contributed by atoms with Crippen molar-refractivity contribution in [3.8, 4) is 5.75 Å². The summed E-state index contributed by atoms with van der Waals surface area (Å²) in [6, 6.07) is 6.93. The second-order valence-electron chi connectivity index (χ2n) is 5.16. The van der Waals surface area contributed by atoms with Gasteiger partial charge in [-0.1, -0.05) is 12.1 Å². The van der Waals surface area contributed by atoms with Gasteiger partial charge in [-0.15, -0.1) is 0 Å². The van der Waals surface area contributed by atoms with Gasteiger partial charge in [0.05, 0.1) is 26.2 Å². The molecule has 1 rings (SSSR count). The molecule has 1 N–H and O–H groups in total. The molecule has 1 aromatic carbocycles. The van der Waals surface area contributed by atoms with E-state index in [-0.39, 0.29) is 30.7 Å². The molecule has 7 nitrogen and oxygen atoms in total. The van der Waals surface area contributed by atoms with Crippen molar-refractivity contribution in [2.75, 3.05) is 33.9 Å². The molecule has 0 spiro atoms. The average Bonchev–Trinajstić information content (AvgIpc) is 2.59. The second kappa shape index (κ2) is 10.3. The molecule has 0 saturated heterocycles. The Morgan fingerprint density at radius 3 is 2.46 bits per heavy atom. The second-order valence-corrected chi connectivity index (χ2v) is 5.16. The van der Waals surface area contributed by atoms with E-state index in [1.807, 2.05) is 0 Å². The maximum absolute atomic E-state index is 12.8. The van der Waals surface area contributed by atoms with Crippen molar-refractivity contribution in [3.05, 3.63) is 29.8 Å². The van der Waals surface area contributed by atoms with Crippen LogP contribution < -0.4 is 10.1 Å². The SMILES string of the molecule is COC(=O)CCN(CCCNC(C)=O)C(=O)c1ccccc1OC. The molecule has 0 heterocycles. The van der Waals surface area contributed by atoms with E-state index in [4.69, 9.17) is 4.74 Å². The largest absolute Gasteiger partial charge is 0.496 e. The Morgan fingerprint density at radius 2 is 1.83 bits per heavy atom. The summed E-state index contributed by atoms with van der Waals surface area (Å²) in [6.07, 6.45) is 0.694. The molecule has 2 amide bonds. The van der Waals surface area contributed by atoms with Crippen molar-refractivity contribution in [1.82, 2.24) is 10.2 Å². The van der Waals surface area contributed by atoms with Crippen LogP contribution in [0.4, 0.5) is 0 Å². The van der Waals surface area contributed by atoms with Crippen molar-refractivity contribution < 1.29 is 23.9 Å². The summed E-state index contributed by atoms with van der Waals surface area (Å²) in [5.41, 5.74) is 0.435. The third-order valence-electron chi connectivity index (χ3n) is 3.42. The lowest BCUT2D eigenvalue weighted by Gasteiger charge is -2.23. The third kappa shape index (κ3) is 6.28. The number of ether oxygens (including phenoxy) is 2. The predicted molar refractivity (Wildman–Crippen MR) is 88.8 cm³/mol. The normalized spacial score (nSPS) is 9.96.